The highest BCUT2D eigenvalue weighted by Gasteiger charge is 2.06. The summed E-state index contributed by atoms with van der Waals surface area (Å²) in [7, 11) is 0. The van der Waals surface area contributed by atoms with Crippen molar-refractivity contribution in [2.75, 3.05) is 0 Å². The number of aromatic nitrogens is 1. The van der Waals surface area contributed by atoms with Crippen LogP contribution in [0.15, 0.2) is 23.6 Å². The third kappa shape index (κ3) is 3.09. The molecule has 1 atom stereocenters. The van der Waals surface area contributed by atoms with Crippen molar-refractivity contribution in [2.45, 2.75) is 33.5 Å². The van der Waals surface area contributed by atoms with Crippen LogP contribution >= 0.6 is 11.3 Å². The van der Waals surface area contributed by atoms with E-state index < -0.39 is 6.10 Å². The summed E-state index contributed by atoms with van der Waals surface area (Å²) in [5.41, 5.74) is 2.96. The first-order valence-corrected chi connectivity index (χ1v) is 6.76. The average Bonchev–Trinajstić information content (AvgIpc) is 2.73. The number of aryl methyl sites for hydroxylation is 2. The predicted molar refractivity (Wildman–Crippen MR) is 73.0 cm³/mol. The lowest BCUT2D eigenvalue weighted by molar-refractivity contribution is 0.199. The summed E-state index contributed by atoms with van der Waals surface area (Å²) in [5, 5.41) is 12.5. The van der Waals surface area contributed by atoms with Gasteiger partial charge in [-0.15, -0.1) is 11.3 Å². The molecular weight excluding hydrogens is 246 g/mol. The molecule has 0 saturated heterocycles. The van der Waals surface area contributed by atoms with Crippen LogP contribution in [-0.2, 0) is 6.61 Å². The molecule has 0 amide bonds. The number of hydrogen-bond donors (Lipinski definition) is 1. The molecular formula is C14H17NO2S. The van der Waals surface area contributed by atoms with Gasteiger partial charge in [0.2, 0.25) is 0 Å². The van der Waals surface area contributed by atoms with Crippen molar-refractivity contribution in [3.63, 3.8) is 0 Å². The Kier molecular flexibility index (Phi) is 3.99. The number of ether oxygens (including phenoxy) is 1. The minimum Gasteiger partial charge on any atom is -0.486 e. The van der Waals surface area contributed by atoms with Gasteiger partial charge in [0, 0.05) is 11.1 Å². The standard InChI is InChI=1S/C14H17NO2S/c1-9-6-12(11(3)16)4-5-13(9)17-7-14-15-10(2)8-18-14/h4-6,8,11,16H,7H2,1-3H3/t11-/m0/s1. The highest BCUT2D eigenvalue weighted by Crippen LogP contribution is 2.23. The van der Waals surface area contributed by atoms with Gasteiger partial charge >= 0.3 is 0 Å². The molecule has 18 heavy (non-hydrogen) atoms. The first-order chi connectivity index (χ1) is 8.56. The van der Waals surface area contributed by atoms with Crippen molar-refractivity contribution in [3.8, 4) is 5.75 Å². The average molecular weight is 263 g/mol. The van der Waals surface area contributed by atoms with E-state index in [1.54, 1.807) is 18.3 Å². The molecule has 0 aliphatic rings. The summed E-state index contributed by atoms with van der Waals surface area (Å²) in [4.78, 5) is 4.35. The molecule has 1 N–H and O–H groups in total. The Morgan fingerprint density at radius 2 is 2.17 bits per heavy atom. The van der Waals surface area contributed by atoms with Gasteiger partial charge in [0.05, 0.1) is 6.10 Å². The smallest absolute Gasteiger partial charge is 0.140 e. The van der Waals surface area contributed by atoms with E-state index in [9.17, 15) is 5.11 Å². The summed E-state index contributed by atoms with van der Waals surface area (Å²) in [6.45, 7) is 6.21. The Labute approximate surface area is 111 Å². The highest BCUT2D eigenvalue weighted by atomic mass is 32.1. The van der Waals surface area contributed by atoms with Crippen molar-refractivity contribution < 1.29 is 9.84 Å². The topological polar surface area (TPSA) is 42.4 Å². The molecule has 2 aromatic rings. The van der Waals surface area contributed by atoms with Crippen molar-refractivity contribution in [1.29, 1.82) is 0 Å². The molecule has 4 heteroatoms. The van der Waals surface area contributed by atoms with E-state index in [1.807, 2.05) is 37.4 Å². The van der Waals surface area contributed by atoms with Gasteiger partial charge < -0.3 is 9.84 Å². The lowest BCUT2D eigenvalue weighted by atomic mass is 10.1. The van der Waals surface area contributed by atoms with Crippen LogP contribution in [0.1, 0.15) is 34.9 Å². The lowest BCUT2D eigenvalue weighted by Gasteiger charge is -2.11. The normalized spacial score (nSPS) is 12.4. The Bertz CT molecular complexity index is 534. The monoisotopic (exact) mass is 263 g/mol. The van der Waals surface area contributed by atoms with E-state index in [0.29, 0.717) is 6.61 Å². The zero-order valence-corrected chi connectivity index (χ0v) is 11.6. The van der Waals surface area contributed by atoms with Gasteiger partial charge in [0.25, 0.3) is 0 Å². The molecule has 3 nitrogen and oxygen atoms in total. The van der Waals surface area contributed by atoms with E-state index >= 15 is 0 Å². The molecule has 0 saturated carbocycles. The minimum absolute atomic E-state index is 0.445. The Hall–Kier alpha value is -1.39. The van der Waals surface area contributed by atoms with Crippen molar-refractivity contribution in [1.82, 2.24) is 4.98 Å². The van der Waals surface area contributed by atoms with Crippen molar-refractivity contribution in [3.05, 3.63) is 45.4 Å². The van der Waals surface area contributed by atoms with Crippen LogP contribution < -0.4 is 4.74 Å². The number of aliphatic hydroxyl groups excluding tert-OH is 1. The largest absolute Gasteiger partial charge is 0.486 e. The summed E-state index contributed by atoms with van der Waals surface area (Å²) in [6.07, 6.45) is -0.445. The van der Waals surface area contributed by atoms with Crippen LogP contribution in [0.3, 0.4) is 0 Å². The second-order valence-electron chi connectivity index (χ2n) is 4.37. The Balaban J connectivity index is 2.05. The SMILES string of the molecule is Cc1csc(COc2ccc([C@H](C)O)cc2C)n1. The third-order valence-electron chi connectivity index (χ3n) is 2.70. The number of nitrogens with zero attached hydrogens (tertiary/aromatic N) is 1. The maximum absolute atomic E-state index is 9.50. The van der Waals surface area contributed by atoms with Gasteiger partial charge in [0.1, 0.15) is 17.4 Å². The fourth-order valence-electron chi connectivity index (χ4n) is 1.70. The lowest BCUT2D eigenvalue weighted by Crippen LogP contribution is -1.98. The molecule has 0 radical (unpaired) electrons. The molecule has 1 aromatic heterocycles. The van der Waals surface area contributed by atoms with Crippen LogP contribution in [-0.4, -0.2) is 10.1 Å². The summed E-state index contributed by atoms with van der Waals surface area (Å²) >= 11 is 1.61. The van der Waals surface area contributed by atoms with Crippen LogP contribution in [0.4, 0.5) is 0 Å². The maximum Gasteiger partial charge on any atom is 0.140 e. The fourth-order valence-corrected chi connectivity index (χ4v) is 2.39. The summed E-state index contributed by atoms with van der Waals surface area (Å²) in [5.74, 6) is 0.840. The molecule has 1 heterocycles. The zero-order chi connectivity index (χ0) is 13.1. The van der Waals surface area contributed by atoms with Gasteiger partial charge in [-0.05, 0) is 44.0 Å². The van der Waals surface area contributed by atoms with Gasteiger partial charge in [-0.3, -0.25) is 0 Å². The highest BCUT2D eigenvalue weighted by molar-refractivity contribution is 7.09. The van der Waals surface area contributed by atoms with Crippen LogP contribution in [0.25, 0.3) is 0 Å². The molecule has 0 bridgehead atoms. The molecule has 0 fully saturated rings. The fraction of sp³-hybridized carbons (Fsp3) is 0.357. The third-order valence-corrected chi connectivity index (χ3v) is 3.64. The van der Waals surface area contributed by atoms with E-state index in [0.717, 1.165) is 27.6 Å². The zero-order valence-electron chi connectivity index (χ0n) is 10.8. The van der Waals surface area contributed by atoms with Crippen molar-refractivity contribution in [2.24, 2.45) is 0 Å². The summed E-state index contributed by atoms with van der Waals surface area (Å²) < 4.78 is 5.74. The molecule has 2 rings (SSSR count). The predicted octanol–water partition coefficient (Wildman–Crippen LogP) is 3.39. The first kappa shape index (κ1) is 13.1. The minimum atomic E-state index is -0.445. The van der Waals surface area contributed by atoms with Crippen LogP contribution in [0, 0.1) is 13.8 Å². The van der Waals surface area contributed by atoms with Crippen LogP contribution in [0.2, 0.25) is 0 Å². The molecule has 96 valence electrons. The first-order valence-electron chi connectivity index (χ1n) is 5.88. The van der Waals surface area contributed by atoms with E-state index in [2.05, 4.69) is 4.98 Å². The number of benzene rings is 1. The molecule has 0 aliphatic heterocycles. The number of hydrogen-bond acceptors (Lipinski definition) is 4. The second kappa shape index (κ2) is 5.50. The number of thiazole rings is 1. The molecule has 0 unspecified atom stereocenters. The maximum atomic E-state index is 9.50. The number of rotatable bonds is 4. The van der Waals surface area contributed by atoms with Gasteiger partial charge in [-0.1, -0.05) is 6.07 Å². The Morgan fingerprint density at radius 1 is 1.39 bits per heavy atom. The quantitative estimate of drug-likeness (QED) is 0.919. The van der Waals surface area contributed by atoms with Gasteiger partial charge in [-0.25, -0.2) is 4.98 Å². The number of aliphatic hydroxyl groups is 1. The molecule has 0 aliphatic carbocycles. The van der Waals surface area contributed by atoms with E-state index in [1.165, 1.54) is 0 Å². The van der Waals surface area contributed by atoms with E-state index in [4.69, 9.17) is 4.74 Å². The second-order valence-corrected chi connectivity index (χ2v) is 5.31. The van der Waals surface area contributed by atoms with Crippen LogP contribution in [0.5, 0.6) is 5.75 Å². The Morgan fingerprint density at radius 3 is 2.72 bits per heavy atom. The molecule has 1 aromatic carbocycles. The molecule has 0 spiro atoms. The van der Waals surface area contributed by atoms with Gasteiger partial charge in [-0.2, -0.15) is 0 Å². The van der Waals surface area contributed by atoms with Gasteiger partial charge in [0.15, 0.2) is 0 Å². The summed E-state index contributed by atoms with van der Waals surface area (Å²) in [6, 6.07) is 5.74. The van der Waals surface area contributed by atoms with E-state index in [-0.39, 0.29) is 0 Å². The van der Waals surface area contributed by atoms with Crippen molar-refractivity contribution >= 4 is 11.3 Å².